The molecule has 0 fully saturated rings. The number of carbonyl (C=O) groups is 4. The molecular formula is C44H65N9O6S. The molecule has 0 saturated heterocycles. The lowest BCUT2D eigenvalue weighted by atomic mass is 10.00. The zero-order valence-corrected chi connectivity index (χ0v) is 38.1. The molecule has 0 unspecified atom stereocenters. The highest BCUT2D eigenvalue weighted by Crippen LogP contribution is 2.38. The summed E-state index contributed by atoms with van der Waals surface area (Å²) in [5.41, 5.74) is 6.39. The first kappa shape index (κ1) is 50.4. The van der Waals surface area contributed by atoms with Gasteiger partial charge in [0.05, 0.1) is 66.3 Å². The molecule has 3 aromatic heterocycles. The van der Waals surface area contributed by atoms with Crippen LogP contribution in [0.5, 0.6) is 0 Å². The van der Waals surface area contributed by atoms with Gasteiger partial charge < -0.3 is 39.9 Å². The van der Waals surface area contributed by atoms with Crippen molar-refractivity contribution < 1.29 is 28.7 Å². The molecule has 3 heterocycles. The van der Waals surface area contributed by atoms with Crippen molar-refractivity contribution in [1.82, 2.24) is 45.4 Å². The van der Waals surface area contributed by atoms with Gasteiger partial charge >= 0.3 is 12.2 Å². The number of carbonyl (C=O) groups excluding carboxylic acids is 4. The Morgan fingerprint density at radius 2 is 1.10 bits per heavy atom. The van der Waals surface area contributed by atoms with Gasteiger partial charge in [-0.25, -0.2) is 24.5 Å². The number of ether oxygens (including phenoxy) is 2. The second-order valence-electron chi connectivity index (χ2n) is 13.4. The molecule has 0 saturated carbocycles. The van der Waals surface area contributed by atoms with Crippen LogP contribution < -0.4 is 10.6 Å². The Labute approximate surface area is 359 Å². The lowest BCUT2D eigenvalue weighted by Gasteiger charge is -2.21. The number of alkyl carbamates (subject to hydrolysis) is 2. The van der Waals surface area contributed by atoms with Crippen molar-refractivity contribution in [3.8, 4) is 33.6 Å². The number of thiazole rings is 1. The van der Waals surface area contributed by atoms with Gasteiger partial charge in [0.2, 0.25) is 11.8 Å². The van der Waals surface area contributed by atoms with Crippen molar-refractivity contribution >= 4 is 45.6 Å². The Bertz CT molecular complexity index is 2060. The van der Waals surface area contributed by atoms with Gasteiger partial charge in [0.25, 0.3) is 0 Å². The molecule has 0 aliphatic heterocycles. The maximum absolute atomic E-state index is 12.8. The van der Waals surface area contributed by atoms with Gasteiger partial charge in [0, 0.05) is 24.2 Å². The molecule has 0 bridgehead atoms. The number of hydrogen-bond acceptors (Lipinski definition) is 10. The Hall–Kier alpha value is -5.77. The molecule has 4 amide bonds. The number of aryl methyl sites for hydroxylation is 1. The highest BCUT2D eigenvalue weighted by atomic mass is 32.1. The summed E-state index contributed by atoms with van der Waals surface area (Å²) < 4.78 is 10.2. The fourth-order valence-electron chi connectivity index (χ4n) is 5.71. The minimum absolute atomic E-state index is 0.156. The van der Waals surface area contributed by atoms with Crippen LogP contribution in [0.3, 0.4) is 0 Å². The van der Waals surface area contributed by atoms with Gasteiger partial charge in [-0.2, -0.15) is 0 Å². The summed E-state index contributed by atoms with van der Waals surface area (Å²) in [5, 5.41) is 5.81. The van der Waals surface area contributed by atoms with E-state index in [9.17, 15) is 19.2 Å². The maximum atomic E-state index is 12.8. The van der Waals surface area contributed by atoms with Crippen LogP contribution in [0.4, 0.5) is 9.59 Å². The zero-order valence-electron chi connectivity index (χ0n) is 37.3. The van der Waals surface area contributed by atoms with Gasteiger partial charge in [0.1, 0.15) is 24.7 Å². The van der Waals surface area contributed by atoms with Crippen LogP contribution in [0.2, 0.25) is 0 Å². The summed E-state index contributed by atoms with van der Waals surface area (Å²) in [6.45, 7) is 19.7. The zero-order chi connectivity index (χ0) is 44.6. The first-order valence-electron chi connectivity index (χ1n) is 20.7. The number of imidazole rings is 2. The van der Waals surface area contributed by atoms with E-state index in [1.54, 1.807) is 33.5 Å². The lowest BCUT2D eigenvalue weighted by Crippen LogP contribution is -2.40. The van der Waals surface area contributed by atoms with Crippen LogP contribution in [0.25, 0.3) is 43.9 Å². The molecule has 328 valence electrons. The molecule has 60 heavy (non-hydrogen) atoms. The van der Waals surface area contributed by atoms with Crippen LogP contribution in [0.1, 0.15) is 97.7 Å². The first-order valence-corrected chi connectivity index (χ1v) is 21.6. The van der Waals surface area contributed by atoms with E-state index in [1.165, 1.54) is 27.1 Å². The number of nitrogens with zero attached hydrogens (tertiary/aromatic N) is 5. The van der Waals surface area contributed by atoms with Crippen LogP contribution in [0.15, 0.2) is 48.8 Å². The fourth-order valence-corrected chi connectivity index (χ4v) is 6.69. The van der Waals surface area contributed by atoms with Crippen LogP contribution in [0, 0.1) is 6.92 Å². The summed E-state index contributed by atoms with van der Waals surface area (Å²) in [6, 6.07) is 12.3. The molecule has 2 aromatic carbocycles. The minimum atomic E-state index is -0.659. The summed E-state index contributed by atoms with van der Waals surface area (Å²) >= 11 is 1.62. The van der Waals surface area contributed by atoms with Crippen molar-refractivity contribution in [3.63, 3.8) is 0 Å². The highest BCUT2D eigenvalue weighted by molar-refractivity contribution is 7.19. The Kier molecular flexibility index (Phi) is 22.7. The third kappa shape index (κ3) is 15.1. The van der Waals surface area contributed by atoms with Crippen molar-refractivity contribution in [1.29, 1.82) is 0 Å². The number of aromatic nitrogens is 5. The van der Waals surface area contributed by atoms with Crippen molar-refractivity contribution in [2.75, 3.05) is 40.4 Å². The molecule has 0 aliphatic rings. The average Bonchev–Trinajstić information content (AvgIpc) is 4.02. The number of hydrogen-bond donors (Lipinski definition) is 4. The van der Waals surface area contributed by atoms with Gasteiger partial charge in [0.15, 0.2) is 0 Å². The molecule has 0 atom stereocenters. The van der Waals surface area contributed by atoms with E-state index in [1.807, 2.05) is 52.8 Å². The molecule has 5 aromatic rings. The number of rotatable bonds is 15. The predicted octanol–water partition coefficient (Wildman–Crippen LogP) is 9.10. The largest absolute Gasteiger partial charge is 0.453 e. The molecule has 0 spiro atoms. The summed E-state index contributed by atoms with van der Waals surface area (Å²) in [6.07, 6.45) is 6.20. The second kappa shape index (κ2) is 27.1. The van der Waals surface area contributed by atoms with E-state index < -0.39 is 12.2 Å². The normalized spacial score (nSPS) is 10.2. The van der Waals surface area contributed by atoms with E-state index in [-0.39, 0.29) is 38.0 Å². The van der Waals surface area contributed by atoms with E-state index in [4.69, 9.17) is 4.98 Å². The van der Waals surface area contributed by atoms with Crippen LogP contribution in [-0.2, 0) is 32.2 Å². The molecule has 4 N–H and O–H groups in total. The first-order chi connectivity index (χ1) is 29.0. The molecular weight excluding hydrogens is 783 g/mol. The maximum Gasteiger partial charge on any atom is 0.407 e. The van der Waals surface area contributed by atoms with E-state index >= 15 is 0 Å². The van der Waals surface area contributed by atoms with Crippen LogP contribution >= 0.6 is 11.3 Å². The fraction of sp³-hybridized carbons (Fsp3) is 0.477. The average molecular weight is 848 g/mol. The number of fused-ring (bicyclic) bond motifs is 1. The lowest BCUT2D eigenvalue weighted by molar-refractivity contribution is -0.131. The number of benzene rings is 2. The molecule has 16 heteroatoms. The molecule has 15 nitrogen and oxygen atoms in total. The minimum Gasteiger partial charge on any atom is -0.453 e. The Morgan fingerprint density at radius 1 is 0.667 bits per heavy atom. The number of methoxy groups -OCH3 is 2. The highest BCUT2D eigenvalue weighted by Gasteiger charge is 2.20. The smallest absolute Gasteiger partial charge is 0.407 e. The third-order valence-electron chi connectivity index (χ3n) is 8.22. The Morgan fingerprint density at radius 3 is 1.57 bits per heavy atom. The number of aromatic amines is 2. The van der Waals surface area contributed by atoms with Crippen molar-refractivity contribution in [2.24, 2.45) is 0 Å². The third-order valence-corrected chi connectivity index (χ3v) is 9.22. The topological polar surface area (TPSA) is 188 Å². The SMILES string of the molecule is CC.CCC.CCC.CCCN(Cc1ncc(-c2ccc(-c3ccc(-c4cnc(CN(CCC)C(=O)CNC(=O)OC)[nH]4)c4nc(C)sc34)cc2)[nH]1)C(=O)CNC(=O)OC. The quantitative estimate of drug-likeness (QED) is 0.0797. The predicted molar refractivity (Wildman–Crippen MR) is 240 cm³/mol. The number of amides is 4. The van der Waals surface area contributed by atoms with E-state index in [2.05, 4.69) is 85.9 Å². The summed E-state index contributed by atoms with van der Waals surface area (Å²) in [4.78, 5) is 72.3. The van der Waals surface area contributed by atoms with Crippen molar-refractivity contribution in [3.05, 3.63) is 65.4 Å². The monoisotopic (exact) mass is 847 g/mol. The van der Waals surface area contributed by atoms with Crippen molar-refractivity contribution in [2.45, 2.75) is 101 Å². The second-order valence-corrected chi connectivity index (χ2v) is 14.6. The van der Waals surface area contributed by atoms with E-state index in [0.29, 0.717) is 24.7 Å². The standard InChI is InChI=1S/C36H43N9O6S.2C3H8.C2H6/c1-6-14-44(31(46)18-39-35(48)50-4)20-29-37-16-27(42-29)24-10-8-23(9-11-24)25-12-13-26(33-34(25)52-22(3)41-33)28-17-38-30(43-28)21-45(15-7-2)32(47)19-40-36(49)51-5;2*1-3-2;1-2/h8-13,16-17H,6-7,14-15,18-21H2,1-5H3,(H,37,42)(H,38,43)(H,39,48)(H,40,49);2*3H2,1-2H3;1-2H3. The van der Waals surface area contributed by atoms with Gasteiger partial charge in [-0.15, -0.1) is 11.3 Å². The number of nitrogens with one attached hydrogen (secondary N) is 4. The molecule has 0 aliphatic carbocycles. The Balaban J connectivity index is 0.00000144. The van der Waals surface area contributed by atoms with E-state index in [0.717, 1.165) is 61.7 Å². The van der Waals surface area contributed by atoms with Crippen LogP contribution in [-0.4, -0.2) is 99.1 Å². The molecule has 5 rings (SSSR count). The number of H-pyrrole nitrogens is 2. The van der Waals surface area contributed by atoms with Gasteiger partial charge in [-0.05, 0) is 37.0 Å². The molecule has 0 radical (unpaired) electrons. The van der Waals surface area contributed by atoms with Gasteiger partial charge in [-0.1, -0.05) is 98.6 Å². The van der Waals surface area contributed by atoms with Gasteiger partial charge in [-0.3, -0.25) is 9.59 Å². The summed E-state index contributed by atoms with van der Waals surface area (Å²) in [7, 11) is 2.51. The summed E-state index contributed by atoms with van der Waals surface area (Å²) in [5.74, 6) is 0.800.